The van der Waals surface area contributed by atoms with Crippen molar-refractivity contribution in [3.8, 4) is 5.75 Å². The molecule has 1 N–H and O–H groups in total. The normalized spacial score (nSPS) is 16.5. The average Bonchev–Trinajstić information content (AvgIpc) is 3.26. The van der Waals surface area contributed by atoms with Crippen LogP contribution in [0.15, 0.2) is 54.9 Å². The molecule has 138 valence electrons. The number of hydrogen-bond acceptors (Lipinski definition) is 3. The summed E-state index contributed by atoms with van der Waals surface area (Å²) in [6.45, 7) is 0. The Morgan fingerprint density at radius 1 is 1.37 bits per heavy atom. The Morgan fingerprint density at radius 3 is 2.93 bits per heavy atom. The van der Waals surface area contributed by atoms with E-state index in [2.05, 4.69) is 10.3 Å². The summed E-state index contributed by atoms with van der Waals surface area (Å²) < 4.78 is 21.9. The highest BCUT2D eigenvalue weighted by Crippen LogP contribution is 2.32. The van der Waals surface area contributed by atoms with Gasteiger partial charge in [0, 0.05) is 36.4 Å². The maximum Gasteiger partial charge on any atom is 0.262 e. The molecular formula is C20H17ClFN3O2. The minimum Gasteiger partial charge on any atom is -0.480 e. The molecule has 1 aliphatic heterocycles. The van der Waals surface area contributed by atoms with Crippen LogP contribution in [0.25, 0.3) is 0 Å². The van der Waals surface area contributed by atoms with Crippen molar-refractivity contribution < 1.29 is 13.9 Å². The van der Waals surface area contributed by atoms with Crippen LogP contribution in [0.3, 0.4) is 0 Å². The van der Waals surface area contributed by atoms with E-state index in [-0.39, 0.29) is 5.91 Å². The van der Waals surface area contributed by atoms with Crippen molar-refractivity contribution in [2.45, 2.75) is 18.6 Å². The van der Waals surface area contributed by atoms with Crippen LogP contribution in [0.1, 0.15) is 23.0 Å². The van der Waals surface area contributed by atoms with Gasteiger partial charge >= 0.3 is 0 Å². The lowest BCUT2D eigenvalue weighted by Gasteiger charge is -2.21. The number of rotatable bonds is 4. The van der Waals surface area contributed by atoms with E-state index in [0.717, 1.165) is 5.56 Å². The summed E-state index contributed by atoms with van der Waals surface area (Å²) in [5, 5.41) is 3.48. The first kappa shape index (κ1) is 17.5. The molecule has 0 saturated carbocycles. The van der Waals surface area contributed by atoms with Crippen molar-refractivity contribution in [3.05, 3.63) is 82.6 Å². The molecule has 27 heavy (non-hydrogen) atoms. The van der Waals surface area contributed by atoms with Gasteiger partial charge in [-0.3, -0.25) is 4.79 Å². The lowest BCUT2D eigenvalue weighted by Crippen LogP contribution is -2.41. The number of fused-ring (bicyclic) bond motifs is 1. The van der Waals surface area contributed by atoms with Crippen LogP contribution in [-0.4, -0.2) is 21.6 Å². The second-order valence-corrected chi connectivity index (χ2v) is 6.86. The predicted octanol–water partition coefficient (Wildman–Crippen LogP) is 3.42. The molecule has 7 heteroatoms. The van der Waals surface area contributed by atoms with Crippen molar-refractivity contribution in [3.63, 3.8) is 0 Å². The summed E-state index contributed by atoms with van der Waals surface area (Å²) in [5.41, 5.74) is 1.22. The third kappa shape index (κ3) is 3.40. The summed E-state index contributed by atoms with van der Waals surface area (Å²) in [6.07, 6.45) is 3.07. The number of ether oxygens (including phenoxy) is 1. The van der Waals surface area contributed by atoms with Crippen LogP contribution in [-0.2, 0) is 18.3 Å². The molecule has 5 nitrogen and oxygen atoms in total. The number of amides is 1. The van der Waals surface area contributed by atoms with Crippen LogP contribution in [0.5, 0.6) is 5.75 Å². The largest absolute Gasteiger partial charge is 0.480 e. The third-order valence-electron chi connectivity index (χ3n) is 4.61. The van der Waals surface area contributed by atoms with Gasteiger partial charge in [-0.2, -0.15) is 0 Å². The molecule has 4 rings (SSSR count). The summed E-state index contributed by atoms with van der Waals surface area (Å²) >= 11 is 6.01. The molecule has 3 aromatic rings. The molecule has 0 radical (unpaired) electrons. The number of nitrogens with one attached hydrogen (secondary N) is 1. The van der Waals surface area contributed by atoms with Gasteiger partial charge in [-0.05, 0) is 29.8 Å². The first-order valence-electron chi connectivity index (χ1n) is 8.50. The lowest BCUT2D eigenvalue weighted by molar-refractivity contribution is -0.127. The molecule has 0 fully saturated rings. The molecule has 2 atom stereocenters. The zero-order valence-corrected chi connectivity index (χ0v) is 15.3. The zero-order chi connectivity index (χ0) is 19.0. The van der Waals surface area contributed by atoms with Crippen LogP contribution in [0.4, 0.5) is 4.39 Å². The quantitative estimate of drug-likeness (QED) is 0.748. The summed E-state index contributed by atoms with van der Waals surface area (Å²) in [5.74, 6) is 0.428. The zero-order valence-electron chi connectivity index (χ0n) is 14.5. The number of hydrogen-bond donors (Lipinski definition) is 1. The fourth-order valence-electron chi connectivity index (χ4n) is 3.24. The van der Waals surface area contributed by atoms with Crippen molar-refractivity contribution >= 4 is 17.5 Å². The Bertz CT molecular complexity index is 1000. The SMILES string of the molecule is Cn1ccnc1[C@H](NC(=O)[C@H]1Cc2cc(Cl)ccc2O1)c1ccccc1F. The van der Waals surface area contributed by atoms with E-state index in [1.54, 1.807) is 60.4 Å². The highest BCUT2D eigenvalue weighted by atomic mass is 35.5. The van der Waals surface area contributed by atoms with Gasteiger partial charge in [-0.15, -0.1) is 0 Å². The Kier molecular flexibility index (Phi) is 4.58. The molecule has 0 spiro atoms. The minimum atomic E-state index is -0.727. The van der Waals surface area contributed by atoms with Crippen LogP contribution < -0.4 is 10.1 Å². The number of aryl methyl sites for hydroxylation is 1. The number of aromatic nitrogens is 2. The number of imidazole rings is 1. The molecule has 1 aromatic heterocycles. The van der Waals surface area contributed by atoms with Crippen LogP contribution in [0.2, 0.25) is 5.02 Å². The van der Waals surface area contributed by atoms with E-state index in [9.17, 15) is 9.18 Å². The van der Waals surface area contributed by atoms with Gasteiger partial charge in [0.15, 0.2) is 6.10 Å². The van der Waals surface area contributed by atoms with Crippen LogP contribution in [0, 0.1) is 5.82 Å². The second-order valence-electron chi connectivity index (χ2n) is 6.42. The lowest BCUT2D eigenvalue weighted by atomic mass is 10.0. The minimum absolute atomic E-state index is 0.335. The van der Waals surface area contributed by atoms with Gasteiger partial charge in [-0.1, -0.05) is 29.8 Å². The third-order valence-corrected chi connectivity index (χ3v) is 4.84. The van der Waals surface area contributed by atoms with E-state index in [1.807, 2.05) is 0 Å². The summed E-state index contributed by atoms with van der Waals surface area (Å²) in [6, 6.07) is 10.9. The maximum atomic E-state index is 14.4. The Morgan fingerprint density at radius 2 is 2.19 bits per heavy atom. The average molecular weight is 386 g/mol. The molecule has 2 aromatic carbocycles. The van der Waals surface area contributed by atoms with Gasteiger partial charge in [0.2, 0.25) is 0 Å². The van der Waals surface area contributed by atoms with Gasteiger partial charge in [0.1, 0.15) is 23.4 Å². The van der Waals surface area contributed by atoms with Crippen molar-refractivity contribution in [2.75, 3.05) is 0 Å². The molecule has 2 heterocycles. The van der Waals surface area contributed by atoms with Gasteiger partial charge in [0.25, 0.3) is 5.91 Å². The number of nitrogens with zero attached hydrogens (tertiary/aromatic N) is 2. The monoisotopic (exact) mass is 385 g/mol. The standard InChI is InChI=1S/C20H17ClFN3O2/c1-25-9-8-23-19(25)18(14-4-2-3-5-15(14)22)24-20(26)17-11-12-10-13(21)6-7-16(12)27-17/h2-10,17-18H,11H2,1H3,(H,24,26)/t17-,18-/m1/s1. The van der Waals surface area contributed by atoms with E-state index >= 15 is 0 Å². The number of carbonyl (C=O) groups excluding carboxylic acids is 1. The van der Waals surface area contributed by atoms with Crippen molar-refractivity contribution in [1.82, 2.24) is 14.9 Å². The Hall–Kier alpha value is -2.86. The Balaban J connectivity index is 1.60. The molecule has 0 saturated heterocycles. The highest BCUT2D eigenvalue weighted by molar-refractivity contribution is 6.30. The second kappa shape index (κ2) is 7.04. The van der Waals surface area contributed by atoms with E-state index in [1.165, 1.54) is 6.07 Å². The molecule has 1 amide bonds. The van der Waals surface area contributed by atoms with Gasteiger partial charge < -0.3 is 14.6 Å². The summed E-state index contributed by atoms with van der Waals surface area (Å²) in [7, 11) is 1.80. The van der Waals surface area contributed by atoms with E-state index in [4.69, 9.17) is 16.3 Å². The van der Waals surface area contributed by atoms with Crippen molar-refractivity contribution in [1.29, 1.82) is 0 Å². The Labute approximate surface area is 160 Å². The number of carbonyl (C=O) groups is 1. The molecule has 0 unspecified atom stereocenters. The topological polar surface area (TPSA) is 56.2 Å². The first-order chi connectivity index (χ1) is 13.0. The molecule has 0 aliphatic carbocycles. The van der Waals surface area contributed by atoms with Crippen LogP contribution >= 0.6 is 11.6 Å². The smallest absolute Gasteiger partial charge is 0.262 e. The van der Waals surface area contributed by atoms with Gasteiger partial charge in [-0.25, -0.2) is 9.37 Å². The van der Waals surface area contributed by atoms with Crippen molar-refractivity contribution in [2.24, 2.45) is 7.05 Å². The molecular weight excluding hydrogens is 369 g/mol. The molecule has 1 aliphatic rings. The first-order valence-corrected chi connectivity index (χ1v) is 8.88. The highest BCUT2D eigenvalue weighted by Gasteiger charge is 2.32. The van der Waals surface area contributed by atoms with Gasteiger partial charge in [0.05, 0.1) is 0 Å². The predicted molar refractivity (Wildman–Crippen MR) is 99.2 cm³/mol. The van der Waals surface area contributed by atoms with E-state index < -0.39 is 18.0 Å². The fraction of sp³-hybridized carbons (Fsp3) is 0.200. The number of benzene rings is 2. The number of halogens is 2. The van der Waals surface area contributed by atoms with E-state index in [0.29, 0.717) is 28.6 Å². The fourth-order valence-corrected chi connectivity index (χ4v) is 3.44. The molecule has 0 bridgehead atoms. The summed E-state index contributed by atoms with van der Waals surface area (Å²) in [4.78, 5) is 17.2. The maximum absolute atomic E-state index is 14.4.